The first-order valence-electron chi connectivity index (χ1n) is 6.49. The highest BCUT2D eigenvalue weighted by atomic mass is 16.4. The van der Waals surface area contributed by atoms with Gasteiger partial charge in [0.05, 0.1) is 44.6 Å². The molecule has 1 heterocycles. The number of hydrogen-bond donors (Lipinski definition) is 1. The summed E-state index contributed by atoms with van der Waals surface area (Å²) in [6.45, 7) is 3.31. The Morgan fingerprint density at radius 1 is 1.18 bits per heavy atom. The van der Waals surface area contributed by atoms with E-state index < -0.39 is 12.4 Å². The fourth-order valence-corrected chi connectivity index (χ4v) is 3.02. The van der Waals surface area contributed by atoms with E-state index in [-0.39, 0.29) is 5.91 Å². The van der Waals surface area contributed by atoms with Crippen LogP contribution in [-0.2, 0) is 9.59 Å². The van der Waals surface area contributed by atoms with Crippen LogP contribution in [0, 0.1) is 0 Å². The van der Waals surface area contributed by atoms with Crippen molar-refractivity contribution in [3.8, 4) is 0 Å². The predicted molar refractivity (Wildman–Crippen MR) is 59.2 cm³/mol. The van der Waals surface area contributed by atoms with Crippen molar-refractivity contribution in [1.29, 1.82) is 0 Å². The lowest BCUT2D eigenvalue weighted by molar-refractivity contribution is -0.928. The smallest absolute Gasteiger partial charge is 0.228 e. The molecule has 1 saturated carbocycles. The second-order valence-corrected chi connectivity index (χ2v) is 5.07. The van der Waals surface area contributed by atoms with Crippen molar-refractivity contribution in [1.82, 2.24) is 4.90 Å². The minimum absolute atomic E-state index is 0.296. The lowest BCUT2D eigenvalue weighted by Gasteiger charge is -2.35. The standard InChI is InChI=1S/C12H20N2O3/c15-11(9-12(16)17)14-7-5-13(6-8-14)10-3-1-2-4-10/h10H,1-9H2,(H,16,17). The van der Waals surface area contributed by atoms with E-state index in [1.54, 1.807) is 9.80 Å². The predicted octanol–water partition coefficient (Wildman–Crippen LogP) is -2.20. The number of nitrogens with one attached hydrogen (secondary N) is 1. The zero-order chi connectivity index (χ0) is 12.3. The van der Waals surface area contributed by atoms with E-state index in [1.165, 1.54) is 25.7 Å². The van der Waals surface area contributed by atoms with Gasteiger partial charge >= 0.3 is 0 Å². The minimum Gasteiger partial charge on any atom is -0.550 e. The highest BCUT2D eigenvalue weighted by Gasteiger charge is 2.30. The largest absolute Gasteiger partial charge is 0.550 e. The highest BCUT2D eigenvalue weighted by molar-refractivity contribution is 5.92. The van der Waals surface area contributed by atoms with Crippen LogP contribution in [-0.4, -0.2) is 49.0 Å². The first-order chi connectivity index (χ1) is 8.16. The molecular formula is C12H20N2O3. The van der Waals surface area contributed by atoms with Gasteiger partial charge in [0.15, 0.2) is 0 Å². The second kappa shape index (κ2) is 5.49. The number of carbonyl (C=O) groups is 2. The zero-order valence-corrected chi connectivity index (χ0v) is 10.1. The number of aliphatic carboxylic acids is 1. The molecule has 0 bridgehead atoms. The topological polar surface area (TPSA) is 64.9 Å². The number of hydrogen-bond acceptors (Lipinski definition) is 3. The molecule has 1 N–H and O–H groups in total. The van der Waals surface area contributed by atoms with Crippen LogP contribution in [0.1, 0.15) is 32.1 Å². The minimum atomic E-state index is -1.28. The van der Waals surface area contributed by atoms with E-state index in [4.69, 9.17) is 0 Å². The zero-order valence-electron chi connectivity index (χ0n) is 10.1. The van der Waals surface area contributed by atoms with E-state index >= 15 is 0 Å². The summed E-state index contributed by atoms with van der Waals surface area (Å²) >= 11 is 0. The number of rotatable bonds is 3. The van der Waals surface area contributed by atoms with Gasteiger partial charge in [-0.1, -0.05) is 0 Å². The molecule has 17 heavy (non-hydrogen) atoms. The number of quaternary nitrogens is 1. The third kappa shape index (κ3) is 3.19. The van der Waals surface area contributed by atoms with Gasteiger partial charge < -0.3 is 19.7 Å². The Morgan fingerprint density at radius 3 is 2.29 bits per heavy atom. The van der Waals surface area contributed by atoms with Crippen LogP contribution < -0.4 is 10.0 Å². The fourth-order valence-electron chi connectivity index (χ4n) is 3.02. The van der Waals surface area contributed by atoms with Crippen LogP contribution in [0.5, 0.6) is 0 Å². The summed E-state index contributed by atoms with van der Waals surface area (Å²) in [5.41, 5.74) is 0. The Bertz CT molecular complexity index is 292. The van der Waals surface area contributed by atoms with Gasteiger partial charge in [-0.2, -0.15) is 0 Å². The molecule has 1 aliphatic heterocycles. The van der Waals surface area contributed by atoms with E-state index in [0.29, 0.717) is 13.1 Å². The molecule has 2 fully saturated rings. The Morgan fingerprint density at radius 2 is 1.76 bits per heavy atom. The third-order valence-electron chi connectivity index (χ3n) is 3.99. The highest BCUT2D eigenvalue weighted by Crippen LogP contribution is 2.15. The lowest BCUT2D eigenvalue weighted by Crippen LogP contribution is -3.18. The summed E-state index contributed by atoms with van der Waals surface area (Å²) in [6, 6.07) is 0.772. The molecule has 0 aromatic heterocycles. The van der Waals surface area contributed by atoms with E-state index in [0.717, 1.165) is 19.1 Å². The Hall–Kier alpha value is -1.10. The van der Waals surface area contributed by atoms with Crippen LogP contribution in [0.25, 0.3) is 0 Å². The van der Waals surface area contributed by atoms with Crippen molar-refractivity contribution >= 4 is 11.9 Å². The average Bonchev–Trinajstić information content (AvgIpc) is 2.82. The molecule has 0 aromatic carbocycles. The van der Waals surface area contributed by atoms with Gasteiger partial charge in [0, 0.05) is 0 Å². The van der Waals surface area contributed by atoms with Crippen molar-refractivity contribution in [2.24, 2.45) is 0 Å². The van der Waals surface area contributed by atoms with Crippen molar-refractivity contribution in [3.63, 3.8) is 0 Å². The van der Waals surface area contributed by atoms with Crippen LogP contribution in [0.15, 0.2) is 0 Å². The lowest BCUT2D eigenvalue weighted by atomic mass is 10.1. The van der Waals surface area contributed by atoms with E-state index in [2.05, 4.69) is 0 Å². The number of nitrogens with zero attached hydrogens (tertiary/aromatic N) is 1. The second-order valence-electron chi connectivity index (χ2n) is 5.07. The molecular weight excluding hydrogens is 220 g/mol. The van der Waals surface area contributed by atoms with Gasteiger partial charge in [0.25, 0.3) is 0 Å². The van der Waals surface area contributed by atoms with Crippen molar-refractivity contribution in [2.75, 3.05) is 26.2 Å². The number of amides is 1. The summed E-state index contributed by atoms with van der Waals surface area (Å²) in [6.07, 6.45) is 4.81. The summed E-state index contributed by atoms with van der Waals surface area (Å²) in [4.78, 5) is 25.2. The summed E-state index contributed by atoms with van der Waals surface area (Å²) in [5, 5.41) is 10.4. The van der Waals surface area contributed by atoms with Gasteiger partial charge in [-0.15, -0.1) is 0 Å². The molecule has 0 unspecified atom stereocenters. The van der Waals surface area contributed by atoms with E-state index in [9.17, 15) is 14.7 Å². The van der Waals surface area contributed by atoms with Gasteiger partial charge in [-0.05, 0) is 25.7 Å². The van der Waals surface area contributed by atoms with Gasteiger partial charge in [0.2, 0.25) is 5.91 Å². The van der Waals surface area contributed by atoms with Crippen molar-refractivity contribution in [2.45, 2.75) is 38.1 Å². The van der Waals surface area contributed by atoms with Gasteiger partial charge in [-0.25, -0.2) is 0 Å². The number of carbonyl (C=O) groups excluding carboxylic acids is 2. The molecule has 0 atom stereocenters. The van der Waals surface area contributed by atoms with Gasteiger partial charge in [0.1, 0.15) is 0 Å². The van der Waals surface area contributed by atoms with Crippen molar-refractivity contribution < 1.29 is 19.6 Å². The van der Waals surface area contributed by atoms with Crippen LogP contribution in [0.2, 0.25) is 0 Å². The molecule has 1 saturated heterocycles. The maximum atomic E-state index is 11.5. The van der Waals surface area contributed by atoms with Gasteiger partial charge in [-0.3, -0.25) is 4.79 Å². The Balaban J connectivity index is 1.77. The molecule has 2 aliphatic rings. The van der Waals surface area contributed by atoms with Crippen LogP contribution in [0.4, 0.5) is 0 Å². The molecule has 1 aliphatic carbocycles. The first-order valence-corrected chi connectivity index (χ1v) is 6.49. The molecule has 1 amide bonds. The maximum Gasteiger partial charge on any atom is 0.228 e. The molecule has 5 nitrogen and oxygen atoms in total. The summed E-state index contributed by atoms with van der Waals surface area (Å²) < 4.78 is 0. The molecule has 0 spiro atoms. The SMILES string of the molecule is O=C([O-])CC(=O)N1CC[NH+](C2CCCC2)CC1. The fraction of sp³-hybridized carbons (Fsp3) is 0.833. The molecule has 2 rings (SSSR count). The molecule has 0 radical (unpaired) electrons. The molecule has 96 valence electrons. The summed E-state index contributed by atoms with van der Waals surface area (Å²) in [5.74, 6) is -1.57. The van der Waals surface area contributed by atoms with Crippen molar-refractivity contribution in [3.05, 3.63) is 0 Å². The third-order valence-corrected chi connectivity index (χ3v) is 3.99. The Kier molecular flexibility index (Phi) is 3.99. The number of piperazine rings is 1. The maximum absolute atomic E-state index is 11.5. The summed E-state index contributed by atoms with van der Waals surface area (Å²) in [7, 11) is 0. The monoisotopic (exact) mass is 240 g/mol. The first kappa shape index (κ1) is 12.4. The average molecular weight is 240 g/mol. The van der Waals surface area contributed by atoms with Crippen LogP contribution >= 0.6 is 0 Å². The molecule has 5 heteroatoms. The molecule has 0 aromatic rings. The quantitative estimate of drug-likeness (QED) is 0.569. The normalized spacial score (nSPS) is 22.9. The van der Waals surface area contributed by atoms with Crippen LogP contribution in [0.3, 0.4) is 0 Å². The number of carboxylic acid groups (broad SMARTS) is 1. The Labute approximate surface area is 101 Å². The van der Waals surface area contributed by atoms with E-state index in [1.807, 2.05) is 0 Å². The number of carboxylic acids is 1.